The summed E-state index contributed by atoms with van der Waals surface area (Å²) >= 11 is 0. The van der Waals surface area contributed by atoms with Crippen LogP contribution in [0.4, 0.5) is 0 Å². The average molecular weight is 496 g/mol. The predicted molar refractivity (Wildman–Crippen MR) is 139 cm³/mol. The molecular formula is C31H29NO5. The van der Waals surface area contributed by atoms with Crippen molar-refractivity contribution in [3.05, 3.63) is 76.4 Å². The molecule has 2 aromatic carbocycles. The van der Waals surface area contributed by atoms with Crippen LogP contribution >= 0.6 is 0 Å². The summed E-state index contributed by atoms with van der Waals surface area (Å²) in [5, 5.41) is 12.0. The number of imide groups is 1. The molecule has 6 heteroatoms. The number of phenols is 1. The number of phenolic OH excluding ortho intramolecular Hbond substituents is 1. The van der Waals surface area contributed by atoms with Crippen molar-refractivity contribution in [2.24, 2.45) is 17.8 Å². The molecule has 1 aliphatic heterocycles. The molecule has 188 valence electrons. The van der Waals surface area contributed by atoms with Crippen LogP contribution in [0.5, 0.6) is 5.75 Å². The molecule has 0 aromatic heterocycles. The molecule has 6 nitrogen and oxygen atoms in total. The van der Waals surface area contributed by atoms with Gasteiger partial charge < -0.3 is 5.11 Å². The normalized spacial score (nSPS) is 27.7. The molecule has 2 aromatic rings. The van der Waals surface area contributed by atoms with Gasteiger partial charge in [-0.3, -0.25) is 24.1 Å². The van der Waals surface area contributed by atoms with Crippen LogP contribution in [0.2, 0.25) is 0 Å². The number of fused-ring (bicyclic) bond motifs is 4. The number of rotatable bonds is 1. The van der Waals surface area contributed by atoms with Gasteiger partial charge in [0.25, 0.3) is 0 Å². The molecule has 1 N–H and O–H groups in total. The zero-order valence-corrected chi connectivity index (χ0v) is 21.4. The number of carbonyl (C=O) groups excluding carboxylic acids is 4. The van der Waals surface area contributed by atoms with Gasteiger partial charge >= 0.3 is 0 Å². The van der Waals surface area contributed by atoms with Gasteiger partial charge in [0.05, 0.1) is 11.8 Å². The lowest BCUT2D eigenvalue weighted by Gasteiger charge is -2.42. The predicted octanol–water partition coefficient (Wildman–Crippen LogP) is 4.77. The summed E-state index contributed by atoms with van der Waals surface area (Å²) in [6.45, 7) is 7.24. The van der Waals surface area contributed by atoms with E-state index in [4.69, 9.17) is 0 Å². The van der Waals surface area contributed by atoms with Gasteiger partial charge in [-0.2, -0.15) is 0 Å². The zero-order chi connectivity index (χ0) is 26.4. The van der Waals surface area contributed by atoms with Crippen LogP contribution < -0.4 is 0 Å². The van der Waals surface area contributed by atoms with Gasteiger partial charge in [-0.1, -0.05) is 42.0 Å². The summed E-state index contributed by atoms with van der Waals surface area (Å²) in [4.78, 5) is 55.5. The van der Waals surface area contributed by atoms with Crippen molar-refractivity contribution in [3.8, 4) is 5.75 Å². The number of likely N-dealkylation sites (tertiary alicyclic amines) is 1. The van der Waals surface area contributed by atoms with E-state index in [1.54, 1.807) is 13.0 Å². The Hall–Kier alpha value is -3.80. The number of Topliss-reactive ketones (excluding diaryl/α,β-unsaturated/α-hetero) is 1. The fourth-order valence-corrected chi connectivity index (χ4v) is 6.94. The van der Waals surface area contributed by atoms with Crippen molar-refractivity contribution < 1.29 is 24.3 Å². The first kappa shape index (κ1) is 23.6. The summed E-state index contributed by atoms with van der Waals surface area (Å²) in [5.74, 6) is -2.52. The summed E-state index contributed by atoms with van der Waals surface area (Å²) in [7, 11) is 0. The third-order valence-corrected chi connectivity index (χ3v) is 8.48. The highest BCUT2D eigenvalue weighted by molar-refractivity contribution is 6.24. The molecule has 3 aliphatic carbocycles. The molecule has 0 radical (unpaired) electrons. The van der Waals surface area contributed by atoms with Gasteiger partial charge in [0.15, 0.2) is 11.6 Å². The van der Waals surface area contributed by atoms with E-state index in [0.29, 0.717) is 28.5 Å². The highest BCUT2D eigenvalue weighted by Gasteiger charge is 2.58. The molecule has 4 unspecified atom stereocenters. The van der Waals surface area contributed by atoms with E-state index in [1.807, 2.05) is 57.2 Å². The first-order valence-corrected chi connectivity index (χ1v) is 12.8. The van der Waals surface area contributed by atoms with Crippen molar-refractivity contribution in [1.82, 2.24) is 4.90 Å². The molecule has 4 atom stereocenters. The SMILES string of the molecule is CC1=CC(=O)C2=C(C1=O)C(c1ccc(O)c3ccccc13)C1=CCC3C(=O)N(C(C)(C)C)C(=O)C3C1C2. The molecular weight excluding hydrogens is 466 g/mol. The molecule has 37 heavy (non-hydrogen) atoms. The first-order valence-electron chi connectivity index (χ1n) is 12.8. The van der Waals surface area contributed by atoms with Crippen molar-refractivity contribution in [3.63, 3.8) is 0 Å². The summed E-state index contributed by atoms with van der Waals surface area (Å²) in [6, 6.07) is 10.9. The van der Waals surface area contributed by atoms with Crippen LogP contribution in [0.3, 0.4) is 0 Å². The Balaban J connectivity index is 1.59. The van der Waals surface area contributed by atoms with Crippen LogP contribution in [-0.4, -0.2) is 38.9 Å². The topological polar surface area (TPSA) is 91.8 Å². The maximum Gasteiger partial charge on any atom is 0.234 e. The van der Waals surface area contributed by atoms with E-state index in [0.717, 1.165) is 16.5 Å². The Morgan fingerprint density at radius 3 is 2.32 bits per heavy atom. The van der Waals surface area contributed by atoms with Gasteiger partial charge in [-0.15, -0.1) is 0 Å². The third kappa shape index (κ3) is 3.24. The second-order valence-corrected chi connectivity index (χ2v) is 11.6. The smallest absolute Gasteiger partial charge is 0.234 e. The van der Waals surface area contributed by atoms with E-state index in [9.17, 15) is 24.3 Å². The van der Waals surface area contributed by atoms with Gasteiger partial charge in [0.1, 0.15) is 5.75 Å². The van der Waals surface area contributed by atoms with E-state index < -0.39 is 23.3 Å². The number of ketones is 2. The number of carbonyl (C=O) groups is 4. The summed E-state index contributed by atoms with van der Waals surface area (Å²) < 4.78 is 0. The molecule has 2 amide bonds. The number of allylic oxidation sites excluding steroid dienone is 6. The quantitative estimate of drug-likeness (QED) is 0.350. The van der Waals surface area contributed by atoms with Crippen LogP contribution in [0, 0.1) is 17.8 Å². The Bertz CT molecular complexity index is 1530. The van der Waals surface area contributed by atoms with E-state index >= 15 is 0 Å². The molecule has 1 saturated heterocycles. The van der Waals surface area contributed by atoms with Crippen LogP contribution in [0.1, 0.15) is 52.0 Å². The number of amides is 2. The molecule has 4 aliphatic rings. The highest BCUT2D eigenvalue weighted by atomic mass is 16.3. The molecule has 1 fully saturated rings. The monoisotopic (exact) mass is 495 g/mol. The maximum absolute atomic E-state index is 13.8. The van der Waals surface area contributed by atoms with Crippen molar-refractivity contribution in [2.45, 2.75) is 52.0 Å². The Morgan fingerprint density at radius 2 is 1.62 bits per heavy atom. The first-order chi connectivity index (χ1) is 17.5. The lowest BCUT2D eigenvalue weighted by atomic mass is 9.59. The van der Waals surface area contributed by atoms with Crippen LogP contribution in [0.25, 0.3) is 10.8 Å². The molecule has 0 spiro atoms. The fourth-order valence-electron chi connectivity index (χ4n) is 6.94. The van der Waals surface area contributed by atoms with Crippen molar-refractivity contribution in [1.29, 1.82) is 0 Å². The molecule has 1 heterocycles. The molecule has 0 bridgehead atoms. The number of hydrogen-bond acceptors (Lipinski definition) is 5. The minimum Gasteiger partial charge on any atom is -0.507 e. The van der Waals surface area contributed by atoms with E-state index in [2.05, 4.69) is 0 Å². The second kappa shape index (κ2) is 7.85. The number of benzene rings is 2. The largest absolute Gasteiger partial charge is 0.507 e. The van der Waals surface area contributed by atoms with E-state index in [-0.39, 0.29) is 41.5 Å². The second-order valence-electron chi connectivity index (χ2n) is 11.6. The minimum absolute atomic E-state index is 0.137. The van der Waals surface area contributed by atoms with Gasteiger partial charge in [-0.05, 0) is 69.5 Å². The summed E-state index contributed by atoms with van der Waals surface area (Å²) in [5.41, 5.74) is 2.39. The lowest BCUT2D eigenvalue weighted by Crippen LogP contribution is -2.46. The van der Waals surface area contributed by atoms with Crippen molar-refractivity contribution >= 4 is 34.2 Å². The van der Waals surface area contributed by atoms with Crippen molar-refractivity contribution in [2.75, 3.05) is 0 Å². The van der Waals surface area contributed by atoms with E-state index in [1.165, 1.54) is 11.0 Å². The van der Waals surface area contributed by atoms with Crippen LogP contribution in [-0.2, 0) is 19.2 Å². The summed E-state index contributed by atoms with van der Waals surface area (Å²) in [6.07, 6.45) is 4.11. The number of aromatic hydroxyl groups is 1. The van der Waals surface area contributed by atoms with Gasteiger partial charge in [0, 0.05) is 33.6 Å². The Kier molecular flexibility index (Phi) is 5.00. The lowest BCUT2D eigenvalue weighted by molar-refractivity contribution is -0.145. The van der Waals surface area contributed by atoms with Gasteiger partial charge in [0.2, 0.25) is 11.8 Å². The molecule has 6 rings (SSSR count). The number of hydrogen-bond donors (Lipinski definition) is 1. The minimum atomic E-state index is -0.645. The fraction of sp³-hybridized carbons (Fsp3) is 0.355. The third-order valence-electron chi connectivity index (χ3n) is 8.48. The van der Waals surface area contributed by atoms with Gasteiger partial charge in [-0.25, -0.2) is 0 Å². The molecule has 0 saturated carbocycles. The highest BCUT2D eigenvalue weighted by Crippen LogP contribution is 2.56. The average Bonchev–Trinajstić information content (AvgIpc) is 3.12. The standard InChI is InChI=1S/C31H29NO5/c1-15-13-24(34)22-14-21-19(9-10-20-26(21)30(37)32(29(20)36)31(2,3)4)25(27(22)28(15)35)18-11-12-23(33)17-8-6-5-7-16(17)18/h5-9,11-13,20-21,25-26,33H,10,14H2,1-4H3. The Morgan fingerprint density at radius 1 is 0.919 bits per heavy atom. The maximum atomic E-state index is 13.8. The van der Waals surface area contributed by atoms with Crippen LogP contribution in [0.15, 0.2) is 70.8 Å². The Labute approximate surface area is 215 Å². The number of nitrogens with zero attached hydrogens (tertiary/aromatic N) is 1. The zero-order valence-electron chi connectivity index (χ0n) is 21.4.